The third kappa shape index (κ3) is 3.46. The fourth-order valence-corrected chi connectivity index (χ4v) is 2.81. The lowest BCUT2D eigenvalue weighted by molar-refractivity contribution is -0.112. The maximum atomic E-state index is 13.8. The number of hydrogen-bond acceptors (Lipinski definition) is 3. The van der Waals surface area contributed by atoms with E-state index in [1.165, 1.54) is 6.08 Å². The molecule has 3 rings (SSSR count). The van der Waals surface area contributed by atoms with Gasteiger partial charge in [0.2, 0.25) is 0 Å². The van der Waals surface area contributed by atoms with E-state index in [2.05, 4.69) is 5.32 Å². The van der Waals surface area contributed by atoms with Gasteiger partial charge in [-0.2, -0.15) is 0 Å². The van der Waals surface area contributed by atoms with Crippen LogP contribution in [0, 0.1) is 0 Å². The van der Waals surface area contributed by atoms with E-state index < -0.39 is 41.5 Å². The molecule has 0 saturated carbocycles. The molecular formula is C19H22BF2NO3. The first-order valence-electron chi connectivity index (χ1n) is 8.62. The van der Waals surface area contributed by atoms with Crippen LogP contribution in [0.15, 0.2) is 47.6 Å². The monoisotopic (exact) mass is 361 g/mol. The average molecular weight is 361 g/mol. The van der Waals surface area contributed by atoms with E-state index in [0.29, 0.717) is 5.69 Å². The Morgan fingerprint density at radius 1 is 1.08 bits per heavy atom. The molecule has 138 valence electrons. The maximum Gasteiger partial charge on any atom is 0.494 e. The van der Waals surface area contributed by atoms with Crippen molar-refractivity contribution in [3.05, 3.63) is 47.6 Å². The van der Waals surface area contributed by atoms with Crippen LogP contribution in [0.2, 0.25) is 0 Å². The minimum atomic E-state index is -0.819. The van der Waals surface area contributed by atoms with Crippen LogP contribution in [-0.4, -0.2) is 24.2 Å². The smallest absolute Gasteiger partial charge is 0.399 e. The summed E-state index contributed by atoms with van der Waals surface area (Å²) in [7, 11) is -0.511. The fraction of sp³-hybridized carbons (Fsp3) is 0.421. The molecule has 0 bridgehead atoms. The number of rotatable bonds is 3. The summed E-state index contributed by atoms with van der Waals surface area (Å²) >= 11 is 0. The molecule has 1 N–H and O–H groups in total. The highest BCUT2D eigenvalue weighted by atomic mass is 19.1. The predicted octanol–water partition coefficient (Wildman–Crippen LogP) is 3.80. The number of carbonyl (C=O) groups is 1. The zero-order valence-corrected chi connectivity index (χ0v) is 15.4. The van der Waals surface area contributed by atoms with Crippen molar-refractivity contribution >= 4 is 24.2 Å². The first kappa shape index (κ1) is 18.8. The molecule has 1 aliphatic heterocycles. The molecule has 1 fully saturated rings. The Balaban J connectivity index is 1.71. The second-order valence-electron chi connectivity index (χ2n) is 7.54. The van der Waals surface area contributed by atoms with Gasteiger partial charge in [0, 0.05) is 12.1 Å². The number of carbonyl (C=O) groups excluding carboxylic acids is 1. The number of allylic oxidation sites excluding steroid dienone is 2. The van der Waals surface area contributed by atoms with Crippen LogP contribution in [0.25, 0.3) is 0 Å². The molecule has 2 aliphatic rings. The first-order chi connectivity index (χ1) is 12.1. The molecule has 1 aromatic carbocycles. The summed E-state index contributed by atoms with van der Waals surface area (Å²) in [4.78, 5) is 12.2. The van der Waals surface area contributed by atoms with Crippen molar-refractivity contribution in [3.8, 4) is 0 Å². The lowest BCUT2D eigenvalue weighted by Gasteiger charge is -2.32. The van der Waals surface area contributed by atoms with Gasteiger partial charge in [-0.05, 0) is 57.8 Å². The normalized spacial score (nSPS) is 21.6. The third-order valence-corrected chi connectivity index (χ3v) is 5.12. The van der Waals surface area contributed by atoms with E-state index in [0.717, 1.165) is 5.46 Å². The summed E-state index contributed by atoms with van der Waals surface area (Å²) in [6, 6.07) is 6.83. The van der Waals surface area contributed by atoms with E-state index in [4.69, 9.17) is 9.31 Å². The number of benzene rings is 1. The first-order valence-corrected chi connectivity index (χ1v) is 8.62. The van der Waals surface area contributed by atoms with Crippen LogP contribution in [0.5, 0.6) is 0 Å². The van der Waals surface area contributed by atoms with Crippen LogP contribution in [-0.2, 0) is 14.1 Å². The fourth-order valence-electron chi connectivity index (χ4n) is 2.81. The van der Waals surface area contributed by atoms with Crippen LogP contribution in [0.4, 0.5) is 14.5 Å². The predicted molar refractivity (Wildman–Crippen MR) is 97.3 cm³/mol. The molecule has 1 amide bonds. The number of hydrogen-bond donors (Lipinski definition) is 1. The molecule has 0 unspecified atom stereocenters. The van der Waals surface area contributed by atoms with Crippen molar-refractivity contribution in [2.24, 2.45) is 0 Å². The van der Waals surface area contributed by atoms with Gasteiger partial charge in [0.25, 0.3) is 5.91 Å². The summed E-state index contributed by atoms with van der Waals surface area (Å²) in [5, 5.41) is 2.52. The number of nitrogens with one attached hydrogen (secondary N) is 1. The Morgan fingerprint density at radius 3 is 2.19 bits per heavy atom. The molecule has 0 radical (unpaired) electrons. The van der Waals surface area contributed by atoms with Gasteiger partial charge in [0.15, 0.2) is 0 Å². The van der Waals surface area contributed by atoms with Crippen molar-refractivity contribution in [2.45, 2.75) is 51.7 Å². The molecule has 0 aromatic heterocycles. The minimum Gasteiger partial charge on any atom is -0.399 e. The van der Waals surface area contributed by atoms with Crippen LogP contribution in [0.1, 0.15) is 40.5 Å². The van der Waals surface area contributed by atoms with Gasteiger partial charge in [0.1, 0.15) is 17.2 Å². The maximum absolute atomic E-state index is 13.8. The van der Waals surface area contributed by atoms with Crippen LogP contribution < -0.4 is 10.8 Å². The highest BCUT2D eigenvalue weighted by molar-refractivity contribution is 6.62. The van der Waals surface area contributed by atoms with E-state index in [9.17, 15) is 13.6 Å². The van der Waals surface area contributed by atoms with E-state index in [1.54, 1.807) is 24.3 Å². The zero-order valence-electron chi connectivity index (χ0n) is 15.4. The largest absolute Gasteiger partial charge is 0.494 e. The summed E-state index contributed by atoms with van der Waals surface area (Å²) < 4.78 is 39.4. The second kappa shape index (κ2) is 6.63. The molecule has 1 aromatic rings. The van der Waals surface area contributed by atoms with Gasteiger partial charge in [-0.25, -0.2) is 8.78 Å². The van der Waals surface area contributed by atoms with Crippen molar-refractivity contribution in [1.82, 2.24) is 0 Å². The van der Waals surface area contributed by atoms with Gasteiger partial charge in [-0.3, -0.25) is 4.79 Å². The Labute approximate surface area is 152 Å². The quantitative estimate of drug-likeness (QED) is 0.834. The van der Waals surface area contributed by atoms with Gasteiger partial charge in [0.05, 0.1) is 11.2 Å². The van der Waals surface area contributed by atoms with Gasteiger partial charge >= 0.3 is 7.12 Å². The number of anilines is 1. The molecule has 7 heteroatoms. The Hall–Kier alpha value is -1.99. The van der Waals surface area contributed by atoms with E-state index >= 15 is 0 Å². The number of halogens is 2. The van der Waals surface area contributed by atoms with Crippen LogP contribution in [0.3, 0.4) is 0 Å². The Bertz CT molecular complexity index is 768. The molecular weight excluding hydrogens is 339 g/mol. The summed E-state index contributed by atoms with van der Waals surface area (Å²) in [6.07, 6.45) is 1.52. The second-order valence-corrected chi connectivity index (χ2v) is 7.54. The highest BCUT2D eigenvalue weighted by Crippen LogP contribution is 2.36. The number of amides is 1. The van der Waals surface area contributed by atoms with Gasteiger partial charge in [-0.1, -0.05) is 12.1 Å². The molecule has 1 saturated heterocycles. The van der Waals surface area contributed by atoms with E-state index in [-0.39, 0.29) is 12.8 Å². The molecule has 26 heavy (non-hydrogen) atoms. The Kier molecular flexibility index (Phi) is 4.79. The molecule has 1 aliphatic carbocycles. The average Bonchev–Trinajstić information content (AvgIpc) is 2.76. The Morgan fingerprint density at radius 2 is 1.65 bits per heavy atom. The van der Waals surface area contributed by atoms with Crippen molar-refractivity contribution < 1.29 is 22.9 Å². The van der Waals surface area contributed by atoms with Crippen molar-refractivity contribution in [2.75, 3.05) is 5.32 Å². The SMILES string of the molecule is CC1(C)OB(c2ccc(NC(=O)C3=C(F)CCC=C3F)cc2)OC1(C)C. The van der Waals surface area contributed by atoms with E-state index in [1.807, 2.05) is 27.7 Å². The lowest BCUT2D eigenvalue weighted by atomic mass is 9.79. The summed E-state index contributed by atoms with van der Waals surface area (Å²) in [5.74, 6) is -2.34. The summed E-state index contributed by atoms with van der Waals surface area (Å²) in [6.45, 7) is 7.87. The van der Waals surface area contributed by atoms with Crippen molar-refractivity contribution in [1.29, 1.82) is 0 Å². The van der Waals surface area contributed by atoms with Crippen molar-refractivity contribution in [3.63, 3.8) is 0 Å². The van der Waals surface area contributed by atoms with Crippen LogP contribution >= 0.6 is 0 Å². The highest BCUT2D eigenvalue weighted by Gasteiger charge is 2.51. The molecule has 1 heterocycles. The van der Waals surface area contributed by atoms with Gasteiger partial charge in [-0.15, -0.1) is 0 Å². The van der Waals surface area contributed by atoms with Gasteiger partial charge < -0.3 is 14.6 Å². The lowest BCUT2D eigenvalue weighted by Crippen LogP contribution is -2.41. The molecule has 4 nitrogen and oxygen atoms in total. The third-order valence-electron chi connectivity index (χ3n) is 5.12. The summed E-state index contributed by atoms with van der Waals surface area (Å²) in [5.41, 5.74) is -0.172. The zero-order chi connectivity index (χ0) is 19.1. The molecule has 0 atom stereocenters. The topological polar surface area (TPSA) is 47.6 Å². The minimum absolute atomic E-state index is 0.0387. The standard InChI is InChI=1S/C19H22BF2NO3/c1-18(2)19(3,4)26-20(25-18)12-8-10-13(11-9-12)23-17(24)16-14(21)6-5-7-15(16)22/h6,8-11H,5,7H2,1-4H3,(H,23,24). The molecule has 0 spiro atoms.